The topological polar surface area (TPSA) is 37.3 Å². The zero-order valence-electron chi connectivity index (χ0n) is 8.64. The molecule has 2 nitrogen and oxygen atoms in total. The van der Waals surface area contributed by atoms with Crippen LogP contribution in [0.15, 0.2) is 18.2 Å². The second-order valence-electron chi connectivity index (χ2n) is 3.55. The molecule has 0 amide bonds. The molecule has 1 aromatic rings. The van der Waals surface area contributed by atoms with Crippen molar-refractivity contribution in [3.63, 3.8) is 0 Å². The molecule has 0 aliphatic carbocycles. The summed E-state index contributed by atoms with van der Waals surface area (Å²) in [6, 6.07) is 3.25. The molecule has 0 saturated heterocycles. The third-order valence-electron chi connectivity index (χ3n) is 2.13. The van der Waals surface area contributed by atoms with Gasteiger partial charge in [-0.05, 0) is 31.0 Å². The van der Waals surface area contributed by atoms with E-state index in [1.165, 1.54) is 13.0 Å². The first kappa shape index (κ1) is 12.5. The molecule has 0 aliphatic rings. The maximum atomic E-state index is 12.4. The summed E-state index contributed by atoms with van der Waals surface area (Å²) < 4.78 is 37.2. The number of aromatic hydroxyl groups is 1. The van der Waals surface area contributed by atoms with Gasteiger partial charge in [0, 0.05) is 6.42 Å². The van der Waals surface area contributed by atoms with Gasteiger partial charge in [0.2, 0.25) is 0 Å². The van der Waals surface area contributed by atoms with Gasteiger partial charge >= 0.3 is 6.18 Å². The number of hydrogen-bond acceptors (Lipinski definition) is 2. The second kappa shape index (κ2) is 4.55. The summed E-state index contributed by atoms with van der Waals surface area (Å²) in [7, 11) is 0. The van der Waals surface area contributed by atoms with Crippen molar-refractivity contribution in [2.75, 3.05) is 0 Å². The Balaban J connectivity index is 2.94. The molecule has 0 fully saturated rings. The number of benzene rings is 1. The monoisotopic (exact) mass is 232 g/mol. The number of alkyl halides is 3. The Kier molecular flexibility index (Phi) is 3.57. The Bertz CT molecular complexity index is 397. The van der Waals surface area contributed by atoms with Crippen LogP contribution in [-0.2, 0) is 17.4 Å². The van der Waals surface area contributed by atoms with Gasteiger partial charge in [0.15, 0.2) is 0 Å². The van der Waals surface area contributed by atoms with Crippen molar-refractivity contribution in [2.45, 2.75) is 25.9 Å². The molecule has 1 N–H and O–H groups in total. The van der Waals surface area contributed by atoms with Crippen LogP contribution in [0.1, 0.15) is 24.5 Å². The van der Waals surface area contributed by atoms with Crippen LogP contribution in [0.4, 0.5) is 13.2 Å². The Morgan fingerprint density at radius 1 is 1.38 bits per heavy atom. The first-order chi connectivity index (χ1) is 7.30. The van der Waals surface area contributed by atoms with Gasteiger partial charge in [-0.3, -0.25) is 0 Å². The Morgan fingerprint density at radius 2 is 2.00 bits per heavy atom. The summed E-state index contributed by atoms with van der Waals surface area (Å²) in [5, 5.41) is 9.06. The average molecular weight is 232 g/mol. The van der Waals surface area contributed by atoms with Crippen LogP contribution in [0, 0.1) is 0 Å². The van der Waals surface area contributed by atoms with E-state index in [0.29, 0.717) is 5.56 Å². The highest BCUT2D eigenvalue weighted by Gasteiger charge is 2.33. The fraction of sp³-hybridized carbons (Fsp3) is 0.364. The first-order valence-corrected chi connectivity index (χ1v) is 4.69. The molecule has 0 radical (unpaired) electrons. The number of carbonyl (C=O) groups excluding carboxylic acids is 1. The maximum Gasteiger partial charge on any atom is 0.419 e. The van der Waals surface area contributed by atoms with Crippen LogP contribution in [-0.4, -0.2) is 10.9 Å². The highest BCUT2D eigenvalue weighted by atomic mass is 19.4. The van der Waals surface area contributed by atoms with Crippen LogP contribution in [0.3, 0.4) is 0 Å². The van der Waals surface area contributed by atoms with Gasteiger partial charge in [0.25, 0.3) is 0 Å². The number of Topliss-reactive ketones (excluding diaryl/α,β-unsaturated/α-hetero) is 1. The number of hydrogen-bond donors (Lipinski definition) is 1. The molecule has 0 bridgehead atoms. The summed E-state index contributed by atoms with van der Waals surface area (Å²) in [5.41, 5.74) is -0.672. The molecule has 0 spiro atoms. The third kappa shape index (κ3) is 3.25. The third-order valence-corrected chi connectivity index (χ3v) is 2.13. The smallest absolute Gasteiger partial charge is 0.419 e. The van der Waals surface area contributed by atoms with Crippen molar-refractivity contribution >= 4 is 5.78 Å². The molecule has 88 valence electrons. The molecule has 1 aromatic carbocycles. The first-order valence-electron chi connectivity index (χ1n) is 4.69. The number of rotatable bonds is 3. The van der Waals surface area contributed by atoms with E-state index in [0.717, 1.165) is 12.1 Å². The number of aryl methyl sites for hydroxylation is 1. The van der Waals surface area contributed by atoms with Crippen molar-refractivity contribution in [1.29, 1.82) is 0 Å². The van der Waals surface area contributed by atoms with Crippen LogP contribution >= 0.6 is 0 Å². The van der Waals surface area contributed by atoms with E-state index in [4.69, 9.17) is 5.11 Å². The minimum atomic E-state index is -4.57. The molecule has 0 unspecified atom stereocenters. The molecule has 0 heterocycles. The molecule has 1 rings (SSSR count). The quantitative estimate of drug-likeness (QED) is 0.869. The lowest BCUT2D eigenvalue weighted by atomic mass is 10.0. The molecule has 0 aromatic heterocycles. The SMILES string of the molecule is CC(=O)CCc1ccc(O)c(C(F)(F)F)c1. The fourth-order valence-electron chi connectivity index (χ4n) is 1.29. The van der Waals surface area contributed by atoms with E-state index in [2.05, 4.69) is 0 Å². The van der Waals surface area contributed by atoms with E-state index in [1.54, 1.807) is 0 Å². The van der Waals surface area contributed by atoms with Crippen molar-refractivity contribution in [1.82, 2.24) is 0 Å². The summed E-state index contributed by atoms with van der Waals surface area (Å²) in [4.78, 5) is 10.7. The molecular formula is C11H11F3O2. The van der Waals surface area contributed by atoms with Gasteiger partial charge < -0.3 is 9.90 Å². The number of halogens is 3. The van der Waals surface area contributed by atoms with Gasteiger partial charge in [-0.25, -0.2) is 0 Å². The molecule has 16 heavy (non-hydrogen) atoms. The highest BCUT2D eigenvalue weighted by molar-refractivity contribution is 5.75. The number of carbonyl (C=O) groups is 1. The van der Waals surface area contributed by atoms with Crippen molar-refractivity contribution in [3.05, 3.63) is 29.3 Å². The van der Waals surface area contributed by atoms with E-state index < -0.39 is 17.5 Å². The maximum absolute atomic E-state index is 12.4. The molecular weight excluding hydrogens is 221 g/mol. The van der Waals surface area contributed by atoms with E-state index in [9.17, 15) is 18.0 Å². The largest absolute Gasteiger partial charge is 0.507 e. The minimum absolute atomic E-state index is 0.0818. The number of phenolic OH excluding ortho intramolecular Hbond substituents is 1. The summed E-state index contributed by atoms with van der Waals surface area (Å²) in [5.74, 6) is -0.874. The van der Waals surface area contributed by atoms with Gasteiger partial charge in [0.05, 0.1) is 5.56 Å². The van der Waals surface area contributed by atoms with Gasteiger partial charge in [0.1, 0.15) is 11.5 Å². The second-order valence-corrected chi connectivity index (χ2v) is 3.55. The lowest BCUT2D eigenvalue weighted by Gasteiger charge is -2.10. The summed E-state index contributed by atoms with van der Waals surface area (Å²) in [6.07, 6.45) is -4.13. The van der Waals surface area contributed by atoms with E-state index in [-0.39, 0.29) is 18.6 Å². The summed E-state index contributed by atoms with van der Waals surface area (Å²) >= 11 is 0. The molecule has 0 atom stereocenters. The van der Waals surface area contributed by atoms with Gasteiger partial charge in [-0.2, -0.15) is 13.2 Å². The fourth-order valence-corrected chi connectivity index (χ4v) is 1.29. The number of ketones is 1. The number of phenols is 1. The van der Waals surface area contributed by atoms with Gasteiger partial charge in [-0.1, -0.05) is 6.07 Å². The zero-order valence-corrected chi connectivity index (χ0v) is 8.64. The van der Waals surface area contributed by atoms with Crippen LogP contribution < -0.4 is 0 Å². The lowest BCUT2D eigenvalue weighted by molar-refractivity contribution is -0.138. The Hall–Kier alpha value is -1.52. The summed E-state index contributed by atoms with van der Waals surface area (Å²) in [6.45, 7) is 1.38. The van der Waals surface area contributed by atoms with Gasteiger partial charge in [-0.15, -0.1) is 0 Å². The highest BCUT2D eigenvalue weighted by Crippen LogP contribution is 2.36. The Morgan fingerprint density at radius 3 is 2.50 bits per heavy atom. The van der Waals surface area contributed by atoms with Crippen molar-refractivity contribution in [3.8, 4) is 5.75 Å². The molecule has 5 heteroatoms. The van der Waals surface area contributed by atoms with Crippen LogP contribution in [0.5, 0.6) is 5.75 Å². The van der Waals surface area contributed by atoms with Crippen LogP contribution in [0.2, 0.25) is 0 Å². The Labute approximate surface area is 90.7 Å². The van der Waals surface area contributed by atoms with E-state index >= 15 is 0 Å². The van der Waals surface area contributed by atoms with Crippen LogP contribution in [0.25, 0.3) is 0 Å². The predicted molar refractivity (Wildman–Crippen MR) is 52.1 cm³/mol. The molecule has 0 saturated carbocycles. The lowest BCUT2D eigenvalue weighted by Crippen LogP contribution is -2.06. The average Bonchev–Trinajstić information content (AvgIpc) is 2.14. The minimum Gasteiger partial charge on any atom is -0.507 e. The zero-order chi connectivity index (χ0) is 12.3. The van der Waals surface area contributed by atoms with Crippen molar-refractivity contribution < 1.29 is 23.1 Å². The predicted octanol–water partition coefficient (Wildman–Crippen LogP) is 2.93. The molecule has 0 aliphatic heterocycles. The standard InChI is InChI=1S/C11H11F3O2/c1-7(15)2-3-8-4-5-10(16)9(6-8)11(12,13)14/h4-6,16H,2-3H2,1H3. The normalized spacial score (nSPS) is 11.5. The van der Waals surface area contributed by atoms with Crippen molar-refractivity contribution in [2.24, 2.45) is 0 Å². The van der Waals surface area contributed by atoms with E-state index in [1.807, 2.05) is 0 Å².